The Balaban J connectivity index is 2.47. The first-order valence-corrected chi connectivity index (χ1v) is 7.70. The zero-order valence-corrected chi connectivity index (χ0v) is 10.9. The fourth-order valence-corrected chi connectivity index (χ4v) is 3.94. The van der Waals surface area contributed by atoms with Crippen molar-refractivity contribution in [1.29, 1.82) is 0 Å². The van der Waals surface area contributed by atoms with Crippen molar-refractivity contribution in [2.24, 2.45) is 5.92 Å². The van der Waals surface area contributed by atoms with Crippen LogP contribution in [0.3, 0.4) is 0 Å². The summed E-state index contributed by atoms with van der Waals surface area (Å²) in [4.78, 5) is 0. The fraction of sp³-hybridized carbons (Fsp3) is 1.00. The van der Waals surface area contributed by atoms with Crippen LogP contribution in [-0.4, -0.2) is 37.9 Å². The van der Waals surface area contributed by atoms with E-state index in [1.807, 2.05) is 0 Å². The molecule has 1 aliphatic carbocycles. The summed E-state index contributed by atoms with van der Waals surface area (Å²) in [5, 5.41) is 0. The lowest BCUT2D eigenvalue weighted by atomic mass is 9.91. The Labute approximate surface area is 97.8 Å². The van der Waals surface area contributed by atoms with Crippen LogP contribution < -0.4 is 0 Å². The molecular weight excluding hydrogens is 234 g/mol. The van der Waals surface area contributed by atoms with E-state index in [0.29, 0.717) is 24.1 Å². The lowest BCUT2D eigenvalue weighted by Gasteiger charge is -2.24. The maximum Gasteiger partial charge on any atom is 0.214 e. The van der Waals surface area contributed by atoms with Crippen molar-refractivity contribution in [2.45, 2.75) is 32.1 Å². The van der Waals surface area contributed by atoms with Crippen molar-refractivity contribution >= 4 is 21.6 Å². The lowest BCUT2D eigenvalue weighted by Crippen LogP contribution is -2.34. The molecule has 0 saturated heterocycles. The highest BCUT2D eigenvalue weighted by molar-refractivity contribution is 7.89. The van der Waals surface area contributed by atoms with Crippen molar-refractivity contribution in [3.05, 3.63) is 0 Å². The number of hydrogen-bond donors (Lipinski definition) is 0. The van der Waals surface area contributed by atoms with Crippen LogP contribution in [0.5, 0.6) is 0 Å². The number of sulfonamides is 1. The maximum atomic E-state index is 11.9. The molecule has 5 heteroatoms. The molecule has 0 aromatic rings. The molecule has 0 aromatic heterocycles. The SMILES string of the molecule is CN(CCCl)S(=O)(=O)CC1CCCCC1. The summed E-state index contributed by atoms with van der Waals surface area (Å²) in [7, 11) is -1.46. The highest BCUT2D eigenvalue weighted by atomic mass is 35.5. The molecule has 1 rings (SSSR count). The summed E-state index contributed by atoms with van der Waals surface area (Å²) in [5.41, 5.74) is 0. The lowest BCUT2D eigenvalue weighted by molar-refractivity contribution is 0.377. The van der Waals surface area contributed by atoms with E-state index in [-0.39, 0.29) is 0 Å². The monoisotopic (exact) mass is 253 g/mol. The standard InChI is InChI=1S/C10H20ClNO2S/c1-12(8-7-11)15(13,14)9-10-5-3-2-4-6-10/h10H,2-9H2,1H3. The van der Waals surface area contributed by atoms with Crippen molar-refractivity contribution < 1.29 is 8.42 Å². The average molecular weight is 254 g/mol. The van der Waals surface area contributed by atoms with E-state index in [9.17, 15) is 8.42 Å². The summed E-state index contributed by atoms with van der Waals surface area (Å²) in [5.74, 6) is 1.03. The largest absolute Gasteiger partial charge is 0.214 e. The topological polar surface area (TPSA) is 37.4 Å². The van der Waals surface area contributed by atoms with Crippen molar-refractivity contribution in [3.8, 4) is 0 Å². The molecule has 0 aromatic carbocycles. The molecule has 0 bridgehead atoms. The van der Waals surface area contributed by atoms with Crippen molar-refractivity contribution in [2.75, 3.05) is 25.2 Å². The van der Waals surface area contributed by atoms with Gasteiger partial charge < -0.3 is 0 Å². The van der Waals surface area contributed by atoms with E-state index >= 15 is 0 Å². The normalized spacial score (nSPS) is 19.7. The Morgan fingerprint density at radius 1 is 1.27 bits per heavy atom. The minimum atomic E-state index is -3.07. The maximum absolute atomic E-state index is 11.9. The van der Waals surface area contributed by atoms with Crippen LogP contribution in [0.1, 0.15) is 32.1 Å². The molecule has 3 nitrogen and oxygen atoms in total. The Bertz CT molecular complexity index is 273. The average Bonchev–Trinajstić information content (AvgIpc) is 2.19. The molecule has 0 amide bonds. The Morgan fingerprint density at radius 3 is 2.40 bits per heavy atom. The first-order chi connectivity index (χ1) is 7.06. The van der Waals surface area contributed by atoms with E-state index in [4.69, 9.17) is 11.6 Å². The van der Waals surface area contributed by atoms with E-state index in [2.05, 4.69) is 0 Å². The summed E-state index contributed by atoms with van der Waals surface area (Å²) in [6.45, 7) is 0.413. The molecule has 1 saturated carbocycles. The quantitative estimate of drug-likeness (QED) is 0.704. The van der Waals surface area contributed by atoms with Crippen LogP contribution >= 0.6 is 11.6 Å². The highest BCUT2D eigenvalue weighted by Gasteiger charge is 2.24. The van der Waals surface area contributed by atoms with Gasteiger partial charge in [-0.25, -0.2) is 12.7 Å². The zero-order valence-electron chi connectivity index (χ0n) is 9.28. The molecule has 0 atom stereocenters. The number of alkyl halides is 1. The van der Waals surface area contributed by atoms with Crippen molar-refractivity contribution in [3.63, 3.8) is 0 Å². The van der Waals surface area contributed by atoms with Gasteiger partial charge in [0.15, 0.2) is 0 Å². The molecule has 0 aliphatic heterocycles. The van der Waals surface area contributed by atoms with Gasteiger partial charge in [0.25, 0.3) is 0 Å². The third kappa shape index (κ3) is 4.29. The van der Waals surface area contributed by atoms with Crippen LogP contribution in [0.2, 0.25) is 0 Å². The van der Waals surface area contributed by atoms with E-state index in [1.54, 1.807) is 7.05 Å². The molecule has 0 spiro atoms. The van der Waals surface area contributed by atoms with E-state index < -0.39 is 10.0 Å². The van der Waals surface area contributed by atoms with Crippen molar-refractivity contribution in [1.82, 2.24) is 4.31 Å². The van der Waals surface area contributed by atoms with Crippen LogP contribution in [0.4, 0.5) is 0 Å². The summed E-state index contributed by atoms with van der Waals surface area (Å²) >= 11 is 5.54. The van der Waals surface area contributed by atoms with Gasteiger partial charge in [-0.3, -0.25) is 0 Å². The van der Waals surface area contributed by atoms with Gasteiger partial charge in [0.2, 0.25) is 10.0 Å². The molecule has 90 valence electrons. The molecule has 0 radical (unpaired) electrons. The van der Waals surface area contributed by atoms with Gasteiger partial charge in [-0.05, 0) is 18.8 Å². The second kappa shape index (κ2) is 6.06. The predicted molar refractivity (Wildman–Crippen MR) is 63.7 cm³/mol. The number of halogens is 1. The minimum absolute atomic E-state index is 0.306. The van der Waals surface area contributed by atoms with E-state index in [0.717, 1.165) is 12.8 Å². The van der Waals surface area contributed by atoms with Gasteiger partial charge in [0, 0.05) is 19.5 Å². The third-order valence-electron chi connectivity index (χ3n) is 3.05. The molecule has 0 unspecified atom stereocenters. The van der Waals surface area contributed by atoms with Gasteiger partial charge in [0.1, 0.15) is 0 Å². The van der Waals surface area contributed by atoms with Gasteiger partial charge >= 0.3 is 0 Å². The third-order valence-corrected chi connectivity index (χ3v) is 5.24. The molecule has 1 fully saturated rings. The second-order valence-electron chi connectivity index (χ2n) is 4.29. The first-order valence-electron chi connectivity index (χ1n) is 5.56. The highest BCUT2D eigenvalue weighted by Crippen LogP contribution is 2.25. The van der Waals surface area contributed by atoms with E-state index in [1.165, 1.54) is 23.6 Å². The second-order valence-corrected chi connectivity index (χ2v) is 6.79. The van der Waals surface area contributed by atoms with Crippen LogP contribution in [0.25, 0.3) is 0 Å². The zero-order chi connectivity index (χ0) is 11.3. The molecular formula is C10H20ClNO2S. The van der Waals surface area contributed by atoms with Gasteiger partial charge in [-0.2, -0.15) is 0 Å². The number of nitrogens with zero attached hydrogens (tertiary/aromatic N) is 1. The Hall–Kier alpha value is 0.200. The van der Waals surface area contributed by atoms with Gasteiger partial charge in [-0.1, -0.05) is 19.3 Å². The molecule has 1 aliphatic rings. The summed E-state index contributed by atoms with van der Waals surface area (Å²) in [6, 6.07) is 0. The number of rotatable bonds is 5. The van der Waals surface area contributed by atoms with Gasteiger partial charge in [-0.15, -0.1) is 11.6 Å². The van der Waals surface area contributed by atoms with Crippen LogP contribution in [0.15, 0.2) is 0 Å². The Kier molecular flexibility index (Phi) is 5.36. The Morgan fingerprint density at radius 2 is 1.87 bits per heavy atom. The minimum Gasteiger partial charge on any atom is -0.212 e. The summed E-state index contributed by atoms with van der Waals surface area (Å²) < 4.78 is 25.1. The molecule has 0 heterocycles. The first kappa shape index (κ1) is 13.3. The smallest absolute Gasteiger partial charge is 0.212 e. The summed E-state index contributed by atoms with van der Waals surface area (Å²) in [6.07, 6.45) is 5.74. The fourth-order valence-electron chi connectivity index (χ4n) is 2.04. The number of hydrogen-bond acceptors (Lipinski definition) is 2. The van der Waals surface area contributed by atoms with Crippen LogP contribution in [-0.2, 0) is 10.0 Å². The predicted octanol–water partition coefficient (Wildman–Crippen LogP) is 2.07. The molecule has 15 heavy (non-hydrogen) atoms. The molecule has 0 N–H and O–H groups in total. The van der Waals surface area contributed by atoms with Crippen LogP contribution in [0, 0.1) is 5.92 Å². The van der Waals surface area contributed by atoms with Gasteiger partial charge in [0.05, 0.1) is 5.75 Å².